The molecule has 0 saturated carbocycles. The predicted molar refractivity (Wildman–Crippen MR) is 161 cm³/mol. The number of ketones is 1. The maximum absolute atomic E-state index is 14.8. The first kappa shape index (κ1) is 30.0. The van der Waals surface area contributed by atoms with E-state index in [0.29, 0.717) is 55.2 Å². The number of nitrogens with zero attached hydrogens (tertiary/aromatic N) is 1. The highest BCUT2D eigenvalue weighted by Crippen LogP contribution is 2.30. The Balaban J connectivity index is 1.49. The fourth-order valence-corrected chi connectivity index (χ4v) is 5.17. The molecule has 0 N–H and O–H groups in total. The van der Waals surface area contributed by atoms with Crippen LogP contribution in [0.3, 0.4) is 0 Å². The third kappa shape index (κ3) is 7.63. The van der Waals surface area contributed by atoms with Crippen LogP contribution in [0.1, 0.15) is 86.5 Å². The van der Waals surface area contributed by atoms with E-state index in [4.69, 9.17) is 9.47 Å². The van der Waals surface area contributed by atoms with Gasteiger partial charge in [0.15, 0.2) is 5.78 Å². The summed E-state index contributed by atoms with van der Waals surface area (Å²) in [5.41, 5.74) is 3.66. The van der Waals surface area contributed by atoms with Gasteiger partial charge in [-0.1, -0.05) is 57.5 Å². The summed E-state index contributed by atoms with van der Waals surface area (Å²) in [5, 5.41) is 0.875. The fraction of sp³-hybridized carbons (Fsp3) is 0.371. The van der Waals surface area contributed by atoms with Crippen molar-refractivity contribution in [2.45, 2.75) is 72.4 Å². The van der Waals surface area contributed by atoms with Crippen molar-refractivity contribution in [1.29, 1.82) is 0 Å². The number of benzene rings is 3. The number of esters is 1. The minimum atomic E-state index is -0.281. The van der Waals surface area contributed by atoms with Crippen LogP contribution in [-0.2, 0) is 22.5 Å². The van der Waals surface area contributed by atoms with Crippen LogP contribution >= 0.6 is 0 Å². The number of aromatic nitrogens is 1. The lowest BCUT2D eigenvalue weighted by molar-refractivity contribution is -0.143. The number of para-hydroxylation sites is 1. The zero-order valence-corrected chi connectivity index (χ0v) is 24.5. The van der Waals surface area contributed by atoms with Gasteiger partial charge in [0.1, 0.15) is 17.7 Å². The molecule has 1 aromatic heterocycles. The Morgan fingerprint density at radius 3 is 2.41 bits per heavy atom. The van der Waals surface area contributed by atoms with Crippen LogP contribution in [0.5, 0.6) is 5.75 Å². The van der Waals surface area contributed by atoms with E-state index in [-0.39, 0.29) is 23.7 Å². The standard InChI is InChI=1S/C35H40FNO4/c1-5-10-33(27-15-14-26(21-24(3)4)31(36)22-27)41-28-18-16-25(17-19-28)35(39)30-23-37(20-9-13-34(38)40-6-2)32-12-8-7-11-29(30)32/h7-8,11-12,14-19,22-24,33H,5-6,9-10,13,20-21H2,1-4H3. The number of carbonyl (C=O) groups excluding carboxylic acids is 2. The van der Waals surface area contributed by atoms with Crippen molar-refractivity contribution in [2.75, 3.05) is 6.61 Å². The highest BCUT2D eigenvalue weighted by molar-refractivity contribution is 6.16. The van der Waals surface area contributed by atoms with Crippen molar-refractivity contribution in [1.82, 2.24) is 4.57 Å². The Morgan fingerprint density at radius 1 is 0.976 bits per heavy atom. The van der Waals surface area contributed by atoms with E-state index in [0.717, 1.165) is 34.9 Å². The molecule has 0 amide bonds. The monoisotopic (exact) mass is 557 g/mol. The van der Waals surface area contributed by atoms with Crippen molar-refractivity contribution < 1.29 is 23.5 Å². The molecule has 6 heteroatoms. The largest absolute Gasteiger partial charge is 0.486 e. The highest BCUT2D eigenvalue weighted by Gasteiger charge is 2.19. The van der Waals surface area contributed by atoms with E-state index in [1.807, 2.05) is 47.2 Å². The Kier molecular flexibility index (Phi) is 10.3. The molecule has 216 valence electrons. The summed E-state index contributed by atoms with van der Waals surface area (Å²) in [6.45, 7) is 9.02. The van der Waals surface area contributed by atoms with Gasteiger partial charge in [-0.25, -0.2) is 4.39 Å². The second-order valence-electron chi connectivity index (χ2n) is 10.9. The normalized spacial score (nSPS) is 12.0. The number of rotatable bonds is 14. The van der Waals surface area contributed by atoms with E-state index in [9.17, 15) is 14.0 Å². The summed E-state index contributed by atoms with van der Waals surface area (Å²) in [6.07, 6.45) is 4.89. The zero-order valence-electron chi connectivity index (χ0n) is 24.5. The number of halogens is 1. The summed E-state index contributed by atoms with van der Waals surface area (Å²) in [6, 6.07) is 20.4. The predicted octanol–water partition coefficient (Wildman–Crippen LogP) is 8.47. The molecule has 0 radical (unpaired) electrons. The summed E-state index contributed by atoms with van der Waals surface area (Å²) in [4.78, 5) is 25.3. The Morgan fingerprint density at radius 2 is 1.73 bits per heavy atom. The van der Waals surface area contributed by atoms with Crippen LogP contribution in [0.2, 0.25) is 0 Å². The maximum atomic E-state index is 14.8. The Labute approximate surface area is 242 Å². The molecule has 0 aliphatic heterocycles. The van der Waals surface area contributed by atoms with Crippen molar-refractivity contribution in [2.24, 2.45) is 5.92 Å². The summed E-state index contributed by atoms with van der Waals surface area (Å²) < 4.78 is 28.1. The minimum Gasteiger partial charge on any atom is -0.486 e. The molecule has 5 nitrogen and oxygen atoms in total. The zero-order chi connectivity index (χ0) is 29.4. The van der Waals surface area contributed by atoms with Crippen LogP contribution in [0, 0.1) is 11.7 Å². The van der Waals surface area contributed by atoms with Gasteiger partial charge in [0.25, 0.3) is 0 Å². The molecule has 0 saturated heterocycles. The van der Waals surface area contributed by atoms with Crippen molar-refractivity contribution in [3.05, 3.63) is 101 Å². The molecule has 0 aliphatic rings. The summed E-state index contributed by atoms with van der Waals surface area (Å²) in [7, 11) is 0. The van der Waals surface area contributed by atoms with Crippen molar-refractivity contribution in [3.63, 3.8) is 0 Å². The summed E-state index contributed by atoms with van der Waals surface area (Å²) in [5.74, 6) is 0.531. The van der Waals surface area contributed by atoms with Gasteiger partial charge < -0.3 is 14.0 Å². The third-order valence-electron chi connectivity index (χ3n) is 7.14. The Bertz CT molecular complexity index is 1470. The van der Waals surface area contributed by atoms with Crippen LogP contribution in [0.25, 0.3) is 10.9 Å². The average Bonchev–Trinajstić information content (AvgIpc) is 3.32. The molecule has 4 rings (SSSR count). The quantitative estimate of drug-likeness (QED) is 0.115. The number of ether oxygens (including phenoxy) is 2. The number of fused-ring (bicyclic) bond motifs is 1. The number of hydrogen-bond donors (Lipinski definition) is 0. The lowest BCUT2D eigenvalue weighted by Gasteiger charge is -2.20. The van der Waals surface area contributed by atoms with Gasteiger partial charge in [-0.3, -0.25) is 9.59 Å². The van der Waals surface area contributed by atoms with Gasteiger partial charge in [-0.15, -0.1) is 0 Å². The molecule has 1 atom stereocenters. The molecule has 0 bridgehead atoms. The van der Waals surface area contributed by atoms with E-state index in [2.05, 4.69) is 20.8 Å². The lowest BCUT2D eigenvalue weighted by Crippen LogP contribution is -2.09. The second-order valence-corrected chi connectivity index (χ2v) is 10.9. The van der Waals surface area contributed by atoms with Crippen LogP contribution in [0.4, 0.5) is 4.39 Å². The van der Waals surface area contributed by atoms with Gasteiger partial charge in [0.05, 0.1) is 6.61 Å². The average molecular weight is 558 g/mol. The van der Waals surface area contributed by atoms with Crippen molar-refractivity contribution >= 4 is 22.7 Å². The molecule has 41 heavy (non-hydrogen) atoms. The summed E-state index contributed by atoms with van der Waals surface area (Å²) >= 11 is 0. The molecule has 3 aromatic carbocycles. The van der Waals surface area contributed by atoms with Crippen molar-refractivity contribution in [3.8, 4) is 5.75 Å². The first-order valence-corrected chi connectivity index (χ1v) is 14.6. The van der Waals surface area contributed by atoms with E-state index in [1.54, 1.807) is 37.3 Å². The molecule has 1 unspecified atom stereocenters. The number of aryl methyl sites for hydroxylation is 1. The van der Waals surface area contributed by atoms with Crippen LogP contribution in [-0.4, -0.2) is 22.9 Å². The van der Waals surface area contributed by atoms with E-state index in [1.165, 1.54) is 0 Å². The van der Waals surface area contributed by atoms with E-state index >= 15 is 0 Å². The SMILES string of the molecule is CCCC(Oc1ccc(C(=O)c2cn(CCCC(=O)OCC)c3ccccc23)cc1)c1ccc(CC(C)C)c(F)c1. The first-order chi connectivity index (χ1) is 19.8. The first-order valence-electron chi connectivity index (χ1n) is 14.6. The molecule has 1 heterocycles. The second kappa shape index (κ2) is 14.1. The van der Waals surface area contributed by atoms with Gasteiger partial charge >= 0.3 is 5.97 Å². The van der Waals surface area contributed by atoms with Gasteiger partial charge in [-0.05, 0) is 79.6 Å². The maximum Gasteiger partial charge on any atom is 0.305 e. The van der Waals surface area contributed by atoms with Crippen LogP contribution in [0.15, 0.2) is 72.9 Å². The molecule has 0 fully saturated rings. The lowest BCUT2D eigenvalue weighted by atomic mass is 9.98. The number of carbonyl (C=O) groups is 2. The molecular weight excluding hydrogens is 517 g/mol. The topological polar surface area (TPSA) is 57.5 Å². The number of hydrogen-bond acceptors (Lipinski definition) is 4. The van der Waals surface area contributed by atoms with Gasteiger partial charge in [0, 0.05) is 41.2 Å². The molecular formula is C35H40FNO4. The fourth-order valence-electron chi connectivity index (χ4n) is 5.17. The smallest absolute Gasteiger partial charge is 0.305 e. The van der Waals surface area contributed by atoms with E-state index < -0.39 is 0 Å². The minimum absolute atomic E-state index is 0.0789. The molecule has 4 aromatic rings. The van der Waals surface area contributed by atoms with Gasteiger partial charge in [0.2, 0.25) is 0 Å². The van der Waals surface area contributed by atoms with Crippen LogP contribution < -0.4 is 4.74 Å². The molecule has 0 aliphatic carbocycles. The highest BCUT2D eigenvalue weighted by atomic mass is 19.1. The third-order valence-corrected chi connectivity index (χ3v) is 7.14. The Hall–Kier alpha value is -3.93. The molecule has 0 spiro atoms. The van der Waals surface area contributed by atoms with Gasteiger partial charge in [-0.2, -0.15) is 0 Å².